The molecule has 1 saturated heterocycles. The first-order valence-electron chi connectivity index (χ1n) is 6.54. The van der Waals surface area contributed by atoms with E-state index in [4.69, 9.17) is 4.74 Å². The summed E-state index contributed by atoms with van der Waals surface area (Å²) in [7, 11) is 2.05. The van der Waals surface area contributed by atoms with Crippen molar-refractivity contribution in [2.75, 3.05) is 19.8 Å². The molecular weight excluding hydrogens is 214 g/mol. The number of imidazole rings is 1. The van der Waals surface area contributed by atoms with Crippen LogP contribution in [0.15, 0.2) is 12.4 Å². The Balaban J connectivity index is 1.69. The lowest BCUT2D eigenvalue weighted by molar-refractivity contribution is 0.0560. The molecule has 0 bridgehead atoms. The molecule has 2 rings (SSSR count). The van der Waals surface area contributed by atoms with Crippen molar-refractivity contribution in [3.8, 4) is 0 Å². The minimum atomic E-state index is 0.583. The monoisotopic (exact) mass is 237 g/mol. The molecule has 96 valence electrons. The van der Waals surface area contributed by atoms with Crippen LogP contribution in [0, 0.1) is 5.92 Å². The SMILES string of the molecule is CC(NCCc1nccn1C)C1CCOCC1. The van der Waals surface area contributed by atoms with Gasteiger partial charge in [-0.25, -0.2) is 4.98 Å². The zero-order valence-electron chi connectivity index (χ0n) is 10.9. The maximum Gasteiger partial charge on any atom is 0.109 e. The number of aromatic nitrogens is 2. The second kappa shape index (κ2) is 6.17. The van der Waals surface area contributed by atoms with Gasteiger partial charge >= 0.3 is 0 Å². The summed E-state index contributed by atoms with van der Waals surface area (Å²) in [6.07, 6.45) is 7.23. The first kappa shape index (κ1) is 12.6. The summed E-state index contributed by atoms with van der Waals surface area (Å²) in [6.45, 7) is 5.14. The average molecular weight is 237 g/mol. The third-order valence-electron chi connectivity index (χ3n) is 3.71. The van der Waals surface area contributed by atoms with E-state index < -0.39 is 0 Å². The Morgan fingerprint density at radius 1 is 1.53 bits per heavy atom. The fraction of sp³-hybridized carbons (Fsp3) is 0.769. The van der Waals surface area contributed by atoms with Gasteiger partial charge in [0.2, 0.25) is 0 Å². The molecule has 1 aromatic rings. The van der Waals surface area contributed by atoms with E-state index in [1.807, 2.05) is 19.4 Å². The van der Waals surface area contributed by atoms with Crippen molar-refractivity contribution in [3.63, 3.8) is 0 Å². The van der Waals surface area contributed by atoms with Gasteiger partial charge in [-0.2, -0.15) is 0 Å². The lowest BCUT2D eigenvalue weighted by Crippen LogP contribution is -2.37. The molecule has 1 fully saturated rings. The van der Waals surface area contributed by atoms with E-state index in [1.165, 1.54) is 12.8 Å². The Morgan fingerprint density at radius 2 is 2.29 bits per heavy atom. The summed E-state index contributed by atoms with van der Waals surface area (Å²) in [5, 5.41) is 3.61. The molecule has 2 heterocycles. The number of hydrogen-bond acceptors (Lipinski definition) is 3. The standard InChI is InChI=1S/C13H23N3O/c1-11(12-4-9-17-10-5-12)14-6-3-13-15-7-8-16(13)2/h7-8,11-12,14H,3-6,9-10H2,1-2H3. The highest BCUT2D eigenvalue weighted by atomic mass is 16.5. The number of ether oxygens (including phenoxy) is 1. The van der Waals surface area contributed by atoms with Crippen LogP contribution in [0.25, 0.3) is 0 Å². The van der Waals surface area contributed by atoms with Gasteiger partial charge in [-0.15, -0.1) is 0 Å². The van der Waals surface area contributed by atoms with E-state index in [2.05, 4.69) is 21.8 Å². The molecule has 17 heavy (non-hydrogen) atoms. The minimum absolute atomic E-state index is 0.583. The molecule has 1 aliphatic rings. The second-order valence-electron chi connectivity index (χ2n) is 4.90. The van der Waals surface area contributed by atoms with Gasteiger partial charge < -0.3 is 14.6 Å². The van der Waals surface area contributed by atoms with Gasteiger partial charge in [-0.3, -0.25) is 0 Å². The van der Waals surface area contributed by atoms with Gasteiger partial charge in [0.1, 0.15) is 5.82 Å². The highest BCUT2D eigenvalue weighted by Crippen LogP contribution is 2.18. The third kappa shape index (κ3) is 3.54. The molecule has 1 unspecified atom stereocenters. The lowest BCUT2D eigenvalue weighted by atomic mass is 9.93. The van der Waals surface area contributed by atoms with Crippen molar-refractivity contribution >= 4 is 0 Å². The largest absolute Gasteiger partial charge is 0.381 e. The van der Waals surface area contributed by atoms with Crippen LogP contribution in [0.3, 0.4) is 0 Å². The van der Waals surface area contributed by atoms with Crippen LogP contribution in [0.1, 0.15) is 25.6 Å². The van der Waals surface area contributed by atoms with Gasteiger partial charge in [0.05, 0.1) is 0 Å². The smallest absolute Gasteiger partial charge is 0.109 e. The zero-order valence-corrected chi connectivity index (χ0v) is 10.9. The fourth-order valence-corrected chi connectivity index (χ4v) is 2.43. The Kier molecular flexibility index (Phi) is 4.57. The Bertz CT molecular complexity index is 331. The van der Waals surface area contributed by atoms with Gasteiger partial charge in [0.25, 0.3) is 0 Å². The van der Waals surface area contributed by atoms with Crippen LogP contribution in [-0.2, 0) is 18.2 Å². The van der Waals surface area contributed by atoms with Crippen molar-refractivity contribution in [1.82, 2.24) is 14.9 Å². The molecule has 0 amide bonds. The number of nitrogens with zero attached hydrogens (tertiary/aromatic N) is 2. The summed E-state index contributed by atoms with van der Waals surface area (Å²) in [5.41, 5.74) is 0. The van der Waals surface area contributed by atoms with Gasteiger partial charge in [0.15, 0.2) is 0 Å². The maximum absolute atomic E-state index is 5.39. The summed E-state index contributed by atoms with van der Waals surface area (Å²) >= 11 is 0. The molecule has 0 radical (unpaired) electrons. The van der Waals surface area contributed by atoms with E-state index in [0.29, 0.717) is 6.04 Å². The molecule has 1 atom stereocenters. The normalized spacial score (nSPS) is 19.4. The molecular formula is C13H23N3O. The van der Waals surface area contributed by atoms with Crippen molar-refractivity contribution in [1.29, 1.82) is 0 Å². The number of nitrogens with one attached hydrogen (secondary N) is 1. The van der Waals surface area contributed by atoms with Crippen LogP contribution in [0.4, 0.5) is 0 Å². The van der Waals surface area contributed by atoms with Crippen LogP contribution in [0.2, 0.25) is 0 Å². The Labute approximate surface area is 103 Å². The fourth-order valence-electron chi connectivity index (χ4n) is 2.43. The predicted octanol–water partition coefficient (Wildman–Crippen LogP) is 1.37. The molecule has 1 aromatic heterocycles. The first-order valence-corrected chi connectivity index (χ1v) is 6.54. The van der Waals surface area contributed by atoms with Crippen molar-refractivity contribution in [2.45, 2.75) is 32.2 Å². The molecule has 0 spiro atoms. The number of rotatable bonds is 5. The highest BCUT2D eigenvalue weighted by molar-refractivity contribution is 4.91. The lowest BCUT2D eigenvalue weighted by Gasteiger charge is -2.28. The van der Waals surface area contributed by atoms with Gasteiger partial charge in [-0.1, -0.05) is 0 Å². The second-order valence-corrected chi connectivity index (χ2v) is 4.90. The van der Waals surface area contributed by atoms with Crippen LogP contribution < -0.4 is 5.32 Å². The van der Waals surface area contributed by atoms with Gasteiger partial charge in [0, 0.05) is 51.7 Å². The molecule has 1 N–H and O–H groups in total. The van der Waals surface area contributed by atoms with Crippen molar-refractivity contribution < 1.29 is 4.74 Å². The quantitative estimate of drug-likeness (QED) is 0.840. The number of hydrogen-bond donors (Lipinski definition) is 1. The minimum Gasteiger partial charge on any atom is -0.381 e. The Hall–Kier alpha value is -0.870. The molecule has 0 aromatic carbocycles. The molecule has 0 saturated carbocycles. The zero-order chi connectivity index (χ0) is 12.1. The van der Waals surface area contributed by atoms with E-state index in [9.17, 15) is 0 Å². The van der Waals surface area contributed by atoms with E-state index >= 15 is 0 Å². The predicted molar refractivity (Wildman–Crippen MR) is 67.9 cm³/mol. The number of aryl methyl sites for hydroxylation is 1. The maximum atomic E-state index is 5.39. The van der Waals surface area contributed by atoms with Crippen molar-refractivity contribution in [3.05, 3.63) is 18.2 Å². The summed E-state index contributed by atoms with van der Waals surface area (Å²) in [5.74, 6) is 1.92. The summed E-state index contributed by atoms with van der Waals surface area (Å²) in [6, 6.07) is 0.583. The van der Waals surface area contributed by atoms with Crippen LogP contribution in [0.5, 0.6) is 0 Å². The van der Waals surface area contributed by atoms with Crippen molar-refractivity contribution in [2.24, 2.45) is 13.0 Å². The highest BCUT2D eigenvalue weighted by Gasteiger charge is 2.19. The third-order valence-corrected chi connectivity index (χ3v) is 3.71. The topological polar surface area (TPSA) is 39.1 Å². The van der Waals surface area contributed by atoms with E-state index in [-0.39, 0.29) is 0 Å². The van der Waals surface area contributed by atoms with E-state index in [0.717, 1.165) is 37.9 Å². The van der Waals surface area contributed by atoms with Crippen LogP contribution >= 0.6 is 0 Å². The molecule has 0 aliphatic carbocycles. The molecule has 4 heteroatoms. The Morgan fingerprint density at radius 3 is 2.94 bits per heavy atom. The summed E-state index contributed by atoms with van der Waals surface area (Å²) in [4.78, 5) is 4.33. The first-order chi connectivity index (χ1) is 8.27. The average Bonchev–Trinajstić information content (AvgIpc) is 2.76. The van der Waals surface area contributed by atoms with E-state index in [1.54, 1.807) is 0 Å². The molecule has 1 aliphatic heterocycles. The van der Waals surface area contributed by atoms with Gasteiger partial charge in [-0.05, 0) is 25.7 Å². The van der Waals surface area contributed by atoms with Crippen LogP contribution in [-0.4, -0.2) is 35.4 Å². The summed E-state index contributed by atoms with van der Waals surface area (Å²) < 4.78 is 7.47. The molecule has 4 nitrogen and oxygen atoms in total.